The van der Waals surface area contributed by atoms with Gasteiger partial charge in [-0.15, -0.1) is 10.2 Å². The van der Waals surface area contributed by atoms with Crippen molar-refractivity contribution in [3.05, 3.63) is 60.9 Å². The van der Waals surface area contributed by atoms with Crippen LogP contribution in [0.3, 0.4) is 0 Å². The van der Waals surface area contributed by atoms with Gasteiger partial charge in [-0.2, -0.15) is 0 Å². The number of nitrogens with zero attached hydrogens (tertiary/aromatic N) is 3. The highest BCUT2D eigenvalue weighted by Gasteiger charge is 2.07. The van der Waals surface area contributed by atoms with Gasteiger partial charge in [-0.3, -0.25) is 4.79 Å². The molecule has 0 fully saturated rings. The van der Waals surface area contributed by atoms with Gasteiger partial charge in [0.1, 0.15) is 6.33 Å². The summed E-state index contributed by atoms with van der Waals surface area (Å²) in [7, 11) is 1.85. The molecular formula is C17H16N4OS. The van der Waals surface area contributed by atoms with Crippen LogP contribution >= 0.6 is 11.8 Å². The van der Waals surface area contributed by atoms with Crippen LogP contribution in [0.5, 0.6) is 0 Å². The molecule has 0 radical (unpaired) electrons. The number of hydrogen-bond donors (Lipinski definition) is 1. The molecule has 0 saturated carbocycles. The molecule has 0 aliphatic carbocycles. The zero-order valence-corrected chi connectivity index (χ0v) is 13.5. The highest BCUT2D eigenvalue weighted by atomic mass is 32.2. The first kappa shape index (κ1) is 15.3. The molecule has 0 aliphatic rings. The Morgan fingerprint density at radius 1 is 1.09 bits per heavy atom. The number of carbonyl (C=O) groups is 1. The van der Waals surface area contributed by atoms with Crippen LogP contribution in [0.1, 0.15) is 0 Å². The molecule has 116 valence electrons. The summed E-state index contributed by atoms with van der Waals surface area (Å²) in [5, 5.41) is 11.3. The van der Waals surface area contributed by atoms with E-state index in [-0.39, 0.29) is 5.91 Å². The second kappa shape index (κ2) is 7.11. The van der Waals surface area contributed by atoms with Gasteiger partial charge in [-0.1, -0.05) is 54.2 Å². The molecule has 0 atom stereocenters. The fourth-order valence-electron chi connectivity index (χ4n) is 2.11. The van der Waals surface area contributed by atoms with Crippen LogP contribution in [0.25, 0.3) is 11.1 Å². The molecule has 0 unspecified atom stereocenters. The van der Waals surface area contributed by atoms with E-state index in [1.807, 2.05) is 49.5 Å². The normalized spacial score (nSPS) is 10.5. The van der Waals surface area contributed by atoms with Crippen LogP contribution in [0.15, 0.2) is 66.1 Å². The first-order valence-corrected chi connectivity index (χ1v) is 8.13. The Kier molecular flexibility index (Phi) is 4.73. The molecule has 1 amide bonds. The maximum absolute atomic E-state index is 12.0. The van der Waals surface area contributed by atoms with E-state index in [9.17, 15) is 4.79 Å². The summed E-state index contributed by atoms with van der Waals surface area (Å²) in [5.41, 5.74) is 3.06. The molecular weight excluding hydrogens is 308 g/mol. The second-order valence-electron chi connectivity index (χ2n) is 5.00. The highest BCUT2D eigenvalue weighted by molar-refractivity contribution is 7.99. The maximum Gasteiger partial charge on any atom is 0.234 e. The van der Waals surface area contributed by atoms with Gasteiger partial charge >= 0.3 is 0 Å². The van der Waals surface area contributed by atoms with Crippen molar-refractivity contribution in [2.24, 2.45) is 7.05 Å². The van der Waals surface area contributed by atoms with Gasteiger partial charge in [0.25, 0.3) is 0 Å². The smallest absolute Gasteiger partial charge is 0.234 e. The fraction of sp³-hybridized carbons (Fsp3) is 0.118. The van der Waals surface area contributed by atoms with Crippen molar-refractivity contribution in [3.63, 3.8) is 0 Å². The topological polar surface area (TPSA) is 59.8 Å². The summed E-state index contributed by atoms with van der Waals surface area (Å²) in [6.45, 7) is 0. The molecule has 0 aliphatic heterocycles. The summed E-state index contributed by atoms with van der Waals surface area (Å²) in [6, 6.07) is 18.0. The largest absolute Gasteiger partial charge is 0.325 e. The number of rotatable bonds is 5. The lowest BCUT2D eigenvalue weighted by molar-refractivity contribution is -0.113. The van der Waals surface area contributed by atoms with E-state index >= 15 is 0 Å². The Balaban J connectivity index is 1.58. The van der Waals surface area contributed by atoms with Crippen molar-refractivity contribution >= 4 is 23.4 Å². The van der Waals surface area contributed by atoms with E-state index in [1.165, 1.54) is 11.8 Å². The number of carbonyl (C=O) groups excluding carboxylic acids is 1. The molecule has 1 N–H and O–H groups in total. The van der Waals surface area contributed by atoms with Gasteiger partial charge in [0.05, 0.1) is 5.75 Å². The van der Waals surface area contributed by atoms with Crippen molar-refractivity contribution in [2.45, 2.75) is 5.16 Å². The first-order chi connectivity index (χ1) is 11.2. The van der Waals surface area contributed by atoms with Crippen molar-refractivity contribution < 1.29 is 4.79 Å². The Morgan fingerprint density at radius 3 is 2.43 bits per heavy atom. The molecule has 1 heterocycles. The Labute approximate surface area is 138 Å². The Hall–Kier alpha value is -2.60. The van der Waals surface area contributed by atoms with Crippen LogP contribution in [-0.2, 0) is 11.8 Å². The van der Waals surface area contributed by atoms with Crippen molar-refractivity contribution in [2.75, 3.05) is 11.1 Å². The third-order valence-electron chi connectivity index (χ3n) is 3.28. The van der Waals surface area contributed by atoms with Crippen LogP contribution in [0.2, 0.25) is 0 Å². The van der Waals surface area contributed by atoms with Gasteiger partial charge in [0.15, 0.2) is 5.16 Å². The SMILES string of the molecule is Cn1cnnc1SCC(=O)Nc1ccc(-c2ccccc2)cc1. The summed E-state index contributed by atoms with van der Waals surface area (Å²) in [4.78, 5) is 12.0. The van der Waals surface area contributed by atoms with Crippen LogP contribution < -0.4 is 5.32 Å². The summed E-state index contributed by atoms with van der Waals surface area (Å²) >= 11 is 1.36. The van der Waals surface area contributed by atoms with Crippen LogP contribution in [0.4, 0.5) is 5.69 Å². The predicted octanol–water partition coefficient (Wildman–Crippen LogP) is 3.21. The minimum Gasteiger partial charge on any atom is -0.325 e. The molecule has 0 bridgehead atoms. The number of nitrogens with one attached hydrogen (secondary N) is 1. The second-order valence-corrected chi connectivity index (χ2v) is 5.95. The minimum absolute atomic E-state index is 0.0644. The number of hydrogen-bond acceptors (Lipinski definition) is 4. The minimum atomic E-state index is -0.0644. The van der Waals surface area contributed by atoms with Crippen molar-refractivity contribution in [1.29, 1.82) is 0 Å². The number of amides is 1. The number of thioether (sulfide) groups is 1. The van der Waals surface area contributed by atoms with E-state index in [1.54, 1.807) is 10.9 Å². The molecule has 3 rings (SSSR count). The molecule has 2 aromatic carbocycles. The summed E-state index contributed by atoms with van der Waals surface area (Å²) in [5.74, 6) is 0.234. The zero-order valence-electron chi connectivity index (χ0n) is 12.6. The highest BCUT2D eigenvalue weighted by Crippen LogP contribution is 2.21. The van der Waals surface area contributed by atoms with Crippen molar-refractivity contribution in [3.8, 4) is 11.1 Å². The lowest BCUT2D eigenvalue weighted by atomic mass is 10.1. The van der Waals surface area contributed by atoms with Gasteiger partial charge < -0.3 is 9.88 Å². The average molecular weight is 324 g/mol. The van der Waals surface area contributed by atoms with E-state index < -0.39 is 0 Å². The van der Waals surface area contributed by atoms with Gasteiger partial charge in [-0.25, -0.2) is 0 Å². The third kappa shape index (κ3) is 3.98. The lowest BCUT2D eigenvalue weighted by Crippen LogP contribution is -2.14. The predicted molar refractivity (Wildman–Crippen MR) is 92.2 cm³/mol. The van der Waals surface area contributed by atoms with Gasteiger partial charge in [0, 0.05) is 12.7 Å². The Morgan fingerprint density at radius 2 is 1.78 bits per heavy atom. The number of anilines is 1. The van der Waals surface area contributed by atoms with Crippen LogP contribution in [-0.4, -0.2) is 26.4 Å². The first-order valence-electron chi connectivity index (χ1n) is 7.14. The molecule has 23 heavy (non-hydrogen) atoms. The van der Waals surface area contributed by atoms with E-state index in [2.05, 4.69) is 27.6 Å². The monoisotopic (exact) mass is 324 g/mol. The molecule has 0 saturated heterocycles. The number of aryl methyl sites for hydroxylation is 1. The number of benzene rings is 2. The van der Waals surface area contributed by atoms with Gasteiger partial charge in [-0.05, 0) is 23.3 Å². The van der Waals surface area contributed by atoms with E-state index in [4.69, 9.17) is 0 Å². The summed E-state index contributed by atoms with van der Waals surface area (Å²) < 4.78 is 1.78. The van der Waals surface area contributed by atoms with Crippen molar-refractivity contribution in [1.82, 2.24) is 14.8 Å². The fourth-order valence-corrected chi connectivity index (χ4v) is 2.80. The molecule has 5 nitrogen and oxygen atoms in total. The standard InChI is InChI=1S/C17H16N4OS/c1-21-12-18-20-17(21)23-11-16(22)19-15-9-7-14(8-10-15)13-5-3-2-4-6-13/h2-10,12H,11H2,1H3,(H,19,22). The number of aromatic nitrogens is 3. The van der Waals surface area contributed by atoms with E-state index in [0.29, 0.717) is 5.75 Å². The zero-order chi connectivity index (χ0) is 16.1. The van der Waals surface area contributed by atoms with Gasteiger partial charge in [0.2, 0.25) is 5.91 Å². The molecule has 6 heteroatoms. The Bertz CT molecular complexity index is 784. The maximum atomic E-state index is 12.0. The quantitative estimate of drug-likeness (QED) is 0.732. The average Bonchev–Trinajstić information content (AvgIpc) is 3.00. The van der Waals surface area contributed by atoms with E-state index in [0.717, 1.165) is 22.0 Å². The summed E-state index contributed by atoms with van der Waals surface area (Å²) in [6.07, 6.45) is 1.61. The molecule has 1 aromatic heterocycles. The lowest BCUT2D eigenvalue weighted by Gasteiger charge is -2.06. The van der Waals surface area contributed by atoms with Crippen LogP contribution in [0, 0.1) is 0 Å². The molecule has 3 aromatic rings. The third-order valence-corrected chi connectivity index (χ3v) is 4.31. The molecule has 0 spiro atoms.